The number of aliphatic carboxylic acids is 1. The van der Waals surface area contributed by atoms with Crippen LogP contribution in [0.4, 0.5) is 0 Å². The van der Waals surface area contributed by atoms with Crippen molar-refractivity contribution in [3.8, 4) is 0 Å². The van der Waals surface area contributed by atoms with Crippen LogP contribution in [0.2, 0.25) is 0 Å². The number of nitrogens with one attached hydrogen (secondary N) is 1. The molecule has 1 aromatic carbocycles. The van der Waals surface area contributed by atoms with Gasteiger partial charge in [0.25, 0.3) is 0 Å². The molecule has 2 N–H and O–H groups in total. The highest BCUT2D eigenvalue weighted by atomic mass is 16.4. The fourth-order valence-electron chi connectivity index (χ4n) is 3.00. The summed E-state index contributed by atoms with van der Waals surface area (Å²) in [7, 11) is 0. The lowest BCUT2D eigenvalue weighted by molar-refractivity contribution is -0.142. The van der Waals surface area contributed by atoms with Crippen LogP contribution >= 0.6 is 0 Å². The zero-order valence-corrected chi connectivity index (χ0v) is 15.4. The first-order valence-electron chi connectivity index (χ1n) is 8.34. The summed E-state index contributed by atoms with van der Waals surface area (Å²) < 4.78 is 1.61. The van der Waals surface area contributed by atoms with Gasteiger partial charge >= 0.3 is 5.97 Å². The molecule has 0 radical (unpaired) electrons. The van der Waals surface area contributed by atoms with Crippen molar-refractivity contribution in [1.29, 1.82) is 0 Å². The van der Waals surface area contributed by atoms with Gasteiger partial charge in [-0.2, -0.15) is 5.10 Å². The number of hydrogen-bond acceptors (Lipinski definition) is 4. The summed E-state index contributed by atoms with van der Waals surface area (Å²) in [6.07, 6.45) is 0.0644. The van der Waals surface area contributed by atoms with Crippen molar-refractivity contribution in [1.82, 2.24) is 15.1 Å². The molecule has 2 aromatic rings. The molecule has 0 saturated carbocycles. The molecule has 0 spiro atoms. The molecule has 0 fully saturated rings. The standard InChI is InChI=1S/C19H23N3O4/c1-11-6-5-7-15(10-11)18(19(25)26)20-16(24)8-9-22-13(3)17(14(4)23)12(2)21-22/h5-7,10,18H,8-9H2,1-4H3,(H,20,24)(H,25,26). The maximum atomic E-state index is 12.2. The van der Waals surface area contributed by atoms with Crippen LogP contribution in [0.25, 0.3) is 0 Å². The smallest absolute Gasteiger partial charge is 0.330 e. The van der Waals surface area contributed by atoms with Gasteiger partial charge in [-0.15, -0.1) is 0 Å². The lowest BCUT2D eigenvalue weighted by Gasteiger charge is -2.15. The first kappa shape index (κ1) is 19.4. The van der Waals surface area contributed by atoms with Crippen LogP contribution in [0.5, 0.6) is 0 Å². The number of aromatic nitrogens is 2. The molecular formula is C19H23N3O4. The van der Waals surface area contributed by atoms with Crippen molar-refractivity contribution in [2.75, 3.05) is 0 Å². The Hall–Kier alpha value is -2.96. The molecule has 1 atom stereocenters. The molecule has 26 heavy (non-hydrogen) atoms. The monoisotopic (exact) mass is 357 g/mol. The van der Waals surface area contributed by atoms with E-state index >= 15 is 0 Å². The van der Waals surface area contributed by atoms with E-state index in [1.54, 1.807) is 36.7 Å². The molecule has 0 saturated heterocycles. The van der Waals surface area contributed by atoms with Crippen molar-refractivity contribution in [3.05, 3.63) is 52.3 Å². The Morgan fingerprint density at radius 1 is 1.23 bits per heavy atom. The maximum absolute atomic E-state index is 12.2. The fourth-order valence-corrected chi connectivity index (χ4v) is 3.00. The predicted octanol–water partition coefficient (Wildman–Crippen LogP) is 2.34. The summed E-state index contributed by atoms with van der Waals surface area (Å²) in [6, 6.07) is 5.92. The molecule has 1 amide bonds. The number of carboxylic acids is 1. The Labute approximate surface area is 152 Å². The molecule has 1 heterocycles. The number of amides is 1. The summed E-state index contributed by atoms with van der Waals surface area (Å²) in [6.45, 7) is 7.14. The van der Waals surface area contributed by atoms with Gasteiger partial charge in [0.15, 0.2) is 11.8 Å². The normalized spacial score (nSPS) is 11.8. The van der Waals surface area contributed by atoms with Gasteiger partial charge in [0.2, 0.25) is 5.91 Å². The van der Waals surface area contributed by atoms with Crippen molar-refractivity contribution in [2.24, 2.45) is 0 Å². The van der Waals surface area contributed by atoms with E-state index in [1.165, 1.54) is 6.92 Å². The third-order valence-corrected chi connectivity index (χ3v) is 4.21. The number of carbonyl (C=O) groups is 3. The lowest BCUT2D eigenvalue weighted by atomic mass is 10.0. The van der Waals surface area contributed by atoms with Crippen LogP contribution in [-0.4, -0.2) is 32.5 Å². The Morgan fingerprint density at radius 3 is 2.46 bits per heavy atom. The fraction of sp³-hybridized carbons (Fsp3) is 0.368. The number of aryl methyl sites for hydroxylation is 3. The number of nitrogens with zero attached hydrogens (tertiary/aromatic N) is 2. The summed E-state index contributed by atoms with van der Waals surface area (Å²) in [5, 5.41) is 16.3. The first-order chi connectivity index (χ1) is 12.2. The van der Waals surface area contributed by atoms with Gasteiger partial charge in [-0.1, -0.05) is 29.8 Å². The van der Waals surface area contributed by atoms with Crippen molar-refractivity contribution in [3.63, 3.8) is 0 Å². The highest BCUT2D eigenvalue weighted by Gasteiger charge is 2.22. The van der Waals surface area contributed by atoms with E-state index in [1.807, 2.05) is 13.0 Å². The second kappa shape index (κ2) is 7.95. The molecule has 7 nitrogen and oxygen atoms in total. The Morgan fingerprint density at radius 2 is 1.92 bits per heavy atom. The number of benzene rings is 1. The van der Waals surface area contributed by atoms with E-state index in [-0.39, 0.29) is 18.7 Å². The minimum atomic E-state index is -1.12. The molecule has 1 aromatic heterocycles. The largest absolute Gasteiger partial charge is 0.479 e. The highest BCUT2D eigenvalue weighted by Crippen LogP contribution is 2.16. The highest BCUT2D eigenvalue weighted by molar-refractivity contribution is 5.96. The summed E-state index contributed by atoms with van der Waals surface area (Å²) in [4.78, 5) is 35.4. The van der Waals surface area contributed by atoms with Crippen LogP contribution < -0.4 is 5.32 Å². The van der Waals surface area contributed by atoms with Crippen molar-refractivity contribution >= 4 is 17.7 Å². The Balaban J connectivity index is 2.07. The van der Waals surface area contributed by atoms with Crippen LogP contribution in [-0.2, 0) is 16.1 Å². The Kier molecular flexibility index (Phi) is 5.92. The zero-order valence-electron chi connectivity index (χ0n) is 15.4. The zero-order chi connectivity index (χ0) is 19.4. The van der Waals surface area contributed by atoms with Crippen LogP contribution in [0.1, 0.15) is 52.3 Å². The predicted molar refractivity (Wildman–Crippen MR) is 96.0 cm³/mol. The van der Waals surface area contributed by atoms with E-state index in [4.69, 9.17) is 0 Å². The van der Waals surface area contributed by atoms with Crippen molar-refractivity contribution < 1.29 is 19.5 Å². The average Bonchev–Trinajstić information content (AvgIpc) is 2.84. The molecule has 7 heteroatoms. The van der Waals surface area contributed by atoms with E-state index in [9.17, 15) is 19.5 Å². The van der Waals surface area contributed by atoms with Gasteiger partial charge in [0, 0.05) is 18.7 Å². The SMILES string of the molecule is CC(=O)c1c(C)nn(CCC(=O)NC(C(=O)O)c2cccc(C)c2)c1C. The molecule has 0 bridgehead atoms. The summed E-state index contributed by atoms with van der Waals surface area (Å²) >= 11 is 0. The number of hydrogen-bond donors (Lipinski definition) is 2. The van der Waals surface area contributed by atoms with E-state index in [2.05, 4.69) is 10.4 Å². The van der Waals surface area contributed by atoms with Gasteiger partial charge in [-0.3, -0.25) is 14.3 Å². The van der Waals surface area contributed by atoms with Gasteiger partial charge in [-0.05, 0) is 33.3 Å². The molecule has 0 aliphatic rings. The molecule has 1 unspecified atom stereocenters. The third-order valence-electron chi connectivity index (χ3n) is 4.21. The average molecular weight is 357 g/mol. The van der Waals surface area contributed by atoms with Gasteiger partial charge in [0.1, 0.15) is 0 Å². The van der Waals surface area contributed by atoms with Gasteiger partial charge in [-0.25, -0.2) is 4.79 Å². The number of carboxylic acid groups (broad SMARTS) is 1. The molecule has 138 valence electrons. The number of ketones is 1. The maximum Gasteiger partial charge on any atom is 0.330 e. The molecule has 0 aliphatic carbocycles. The first-order valence-corrected chi connectivity index (χ1v) is 8.34. The van der Waals surface area contributed by atoms with Gasteiger partial charge in [0.05, 0.1) is 11.3 Å². The van der Waals surface area contributed by atoms with Gasteiger partial charge < -0.3 is 10.4 Å². The minimum Gasteiger partial charge on any atom is -0.479 e. The number of carbonyl (C=O) groups excluding carboxylic acids is 2. The molecular weight excluding hydrogens is 334 g/mol. The molecule has 2 rings (SSSR count). The topological polar surface area (TPSA) is 101 Å². The van der Waals surface area contributed by atoms with Crippen LogP contribution in [0.3, 0.4) is 0 Å². The summed E-state index contributed by atoms with van der Waals surface area (Å²) in [5.74, 6) is -1.58. The lowest BCUT2D eigenvalue weighted by Crippen LogP contribution is -2.34. The van der Waals surface area contributed by atoms with Crippen molar-refractivity contribution in [2.45, 2.75) is 46.7 Å². The number of rotatable bonds is 7. The molecule has 0 aliphatic heterocycles. The summed E-state index contributed by atoms with van der Waals surface area (Å²) in [5.41, 5.74) is 3.33. The van der Waals surface area contributed by atoms with E-state index in [0.29, 0.717) is 22.5 Å². The second-order valence-electron chi connectivity index (χ2n) is 6.33. The minimum absolute atomic E-state index is 0.0644. The van der Waals surface area contributed by atoms with Crippen LogP contribution in [0.15, 0.2) is 24.3 Å². The quantitative estimate of drug-likeness (QED) is 0.741. The third kappa shape index (κ3) is 4.36. The van der Waals surface area contributed by atoms with Crippen LogP contribution in [0, 0.1) is 20.8 Å². The second-order valence-corrected chi connectivity index (χ2v) is 6.33. The number of Topliss-reactive ketones (excluding diaryl/α,β-unsaturated/α-hetero) is 1. The Bertz CT molecular complexity index is 854. The van der Waals surface area contributed by atoms with E-state index < -0.39 is 17.9 Å². The van der Waals surface area contributed by atoms with E-state index in [0.717, 1.165) is 5.56 Å².